The summed E-state index contributed by atoms with van der Waals surface area (Å²) in [4.78, 5) is 15.1. The van der Waals surface area contributed by atoms with E-state index in [1.54, 1.807) is 6.20 Å². The second kappa shape index (κ2) is 10.1. The second-order valence-corrected chi connectivity index (χ2v) is 12.1. The van der Waals surface area contributed by atoms with Crippen molar-refractivity contribution in [2.24, 2.45) is 9.98 Å². The maximum absolute atomic E-state index is 6.25. The van der Waals surface area contributed by atoms with E-state index in [9.17, 15) is 0 Å². The van der Waals surface area contributed by atoms with Gasteiger partial charge in [0, 0.05) is 34.3 Å². The molecule has 9 aromatic rings. The quantitative estimate of drug-likeness (QED) is 0.205. The standard InChI is InChI=1S/C42H26N4O/c1-2-10-27-22-29(17-16-25(27)8-1)40-44-41(33-14-7-15-37-39(33)35-24-43-21-20-36(35)47-37)46-42(45-40)34-23-28-11-4-6-13-31(28)38-30-12-5-3-9-26(30)18-19-32(34)38/h1-24,40H,(H,44,45,46). The molecule has 1 aliphatic heterocycles. The first kappa shape index (κ1) is 25.9. The maximum atomic E-state index is 6.25. The highest BCUT2D eigenvalue weighted by molar-refractivity contribution is 6.29. The van der Waals surface area contributed by atoms with E-state index in [1.807, 2.05) is 24.4 Å². The lowest BCUT2D eigenvalue weighted by atomic mass is 9.92. The molecule has 7 aromatic carbocycles. The van der Waals surface area contributed by atoms with E-state index >= 15 is 0 Å². The summed E-state index contributed by atoms with van der Waals surface area (Å²) in [5.74, 6) is 1.52. The van der Waals surface area contributed by atoms with Crippen molar-refractivity contribution in [1.29, 1.82) is 0 Å². The van der Waals surface area contributed by atoms with Gasteiger partial charge in [0.2, 0.25) is 0 Å². The summed E-state index contributed by atoms with van der Waals surface area (Å²) in [5.41, 5.74) is 4.60. The zero-order chi connectivity index (χ0) is 30.9. The van der Waals surface area contributed by atoms with Crippen LogP contribution in [-0.4, -0.2) is 16.7 Å². The Balaban J connectivity index is 1.25. The van der Waals surface area contributed by atoms with Crippen LogP contribution in [0, 0.1) is 0 Å². The molecule has 0 saturated carbocycles. The Labute approximate surface area is 269 Å². The highest BCUT2D eigenvalue weighted by Crippen LogP contribution is 2.37. The number of pyridine rings is 1. The summed E-state index contributed by atoms with van der Waals surface area (Å²) >= 11 is 0. The van der Waals surface area contributed by atoms with Gasteiger partial charge in [0.15, 0.2) is 6.17 Å². The molecule has 2 aromatic heterocycles. The largest absolute Gasteiger partial charge is 0.456 e. The molecule has 47 heavy (non-hydrogen) atoms. The number of furan rings is 1. The van der Waals surface area contributed by atoms with Gasteiger partial charge in [-0.1, -0.05) is 109 Å². The van der Waals surface area contributed by atoms with Crippen molar-refractivity contribution in [3.8, 4) is 0 Å². The number of amidine groups is 2. The highest BCUT2D eigenvalue weighted by atomic mass is 16.3. The number of hydrogen-bond donors (Lipinski definition) is 1. The van der Waals surface area contributed by atoms with Crippen molar-refractivity contribution in [2.45, 2.75) is 6.17 Å². The maximum Gasteiger partial charge on any atom is 0.169 e. The Bertz CT molecular complexity index is 2780. The van der Waals surface area contributed by atoms with Crippen LogP contribution in [0.25, 0.3) is 65.0 Å². The van der Waals surface area contributed by atoms with Crippen molar-refractivity contribution in [3.05, 3.63) is 163 Å². The number of nitrogens with zero attached hydrogens (tertiary/aromatic N) is 3. The Morgan fingerprint density at radius 1 is 0.489 bits per heavy atom. The first-order valence-corrected chi connectivity index (χ1v) is 15.8. The normalized spacial score (nSPS) is 15.0. The molecule has 1 N–H and O–H groups in total. The predicted octanol–water partition coefficient (Wildman–Crippen LogP) is 10.1. The minimum absolute atomic E-state index is 0.459. The average molecular weight is 603 g/mol. The first-order valence-electron chi connectivity index (χ1n) is 15.8. The fourth-order valence-corrected chi connectivity index (χ4v) is 7.18. The van der Waals surface area contributed by atoms with E-state index in [2.05, 4.69) is 126 Å². The van der Waals surface area contributed by atoms with Crippen molar-refractivity contribution < 1.29 is 4.42 Å². The molecule has 0 amide bonds. The molecule has 0 saturated heterocycles. The topological polar surface area (TPSA) is 62.8 Å². The van der Waals surface area contributed by atoms with Crippen LogP contribution in [-0.2, 0) is 0 Å². The third-order valence-corrected chi connectivity index (χ3v) is 9.37. The fourth-order valence-electron chi connectivity index (χ4n) is 7.18. The molecule has 0 fully saturated rings. The molecule has 0 aliphatic carbocycles. The molecule has 0 spiro atoms. The van der Waals surface area contributed by atoms with E-state index in [1.165, 1.54) is 26.9 Å². The number of rotatable bonds is 3. The van der Waals surface area contributed by atoms with Crippen LogP contribution in [0.5, 0.6) is 0 Å². The van der Waals surface area contributed by atoms with Gasteiger partial charge in [0.05, 0.1) is 0 Å². The lowest BCUT2D eigenvalue weighted by Gasteiger charge is -2.24. The molecule has 1 aliphatic rings. The Hall–Kier alpha value is -6.33. The van der Waals surface area contributed by atoms with E-state index in [4.69, 9.17) is 14.4 Å². The summed E-state index contributed by atoms with van der Waals surface area (Å²) in [7, 11) is 0. The molecular formula is C42H26N4O. The van der Waals surface area contributed by atoms with E-state index < -0.39 is 6.17 Å². The van der Waals surface area contributed by atoms with Gasteiger partial charge in [0.25, 0.3) is 0 Å². The Morgan fingerprint density at radius 2 is 1.21 bits per heavy atom. The van der Waals surface area contributed by atoms with Crippen molar-refractivity contribution in [1.82, 2.24) is 10.3 Å². The molecule has 0 bridgehead atoms. The van der Waals surface area contributed by atoms with E-state index in [-0.39, 0.29) is 0 Å². The monoisotopic (exact) mass is 602 g/mol. The number of aromatic nitrogens is 1. The van der Waals surface area contributed by atoms with Gasteiger partial charge < -0.3 is 9.73 Å². The Morgan fingerprint density at radius 3 is 2.09 bits per heavy atom. The van der Waals surface area contributed by atoms with Gasteiger partial charge in [0.1, 0.15) is 22.8 Å². The number of nitrogens with one attached hydrogen (secondary N) is 1. The molecule has 5 nitrogen and oxygen atoms in total. The molecule has 220 valence electrons. The van der Waals surface area contributed by atoms with Gasteiger partial charge >= 0.3 is 0 Å². The zero-order valence-electron chi connectivity index (χ0n) is 25.2. The first-order chi connectivity index (χ1) is 23.3. The lowest BCUT2D eigenvalue weighted by Crippen LogP contribution is -2.36. The van der Waals surface area contributed by atoms with E-state index in [0.29, 0.717) is 0 Å². The number of hydrogen-bond acceptors (Lipinski definition) is 5. The van der Waals surface area contributed by atoms with Gasteiger partial charge in [-0.15, -0.1) is 0 Å². The van der Waals surface area contributed by atoms with Crippen LogP contribution in [0.4, 0.5) is 0 Å². The van der Waals surface area contributed by atoms with Gasteiger partial charge in [-0.25, -0.2) is 9.98 Å². The van der Waals surface area contributed by atoms with E-state index in [0.717, 1.165) is 66.5 Å². The van der Waals surface area contributed by atoms with Crippen molar-refractivity contribution >= 4 is 76.7 Å². The summed E-state index contributed by atoms with van der Waals surface area (Å²) in [6.07, 6.45) is 3.17. The zero-order valence-corrected chi connectivity index (χ0v) is 25.2. The van der Waals surface area contributed by atoms with Crippen LogP contribution in [0.2, 0.25) is 0 Å². The van der Waals surface area contributed by atoms with Crippen molar-refractivity contribution in [2.75, 3.05) is 0 Å². The molecule has 1 atom stereocenters. The third-order valence-electron chi connectivity index (χ3n) is 9.37. The summed E-state index contributed by atoms with van der Waals surface area (Å²) in [5, 5.41) is 15.2. The highest BCUT2D eigenvalue weighted by Gasteiger charge is 2.25. The Kier molecular flexibility index (Phi) is 5.57. The smallest absolute Gasteiger partial charge is 0.169 e. The molecule has 1 unspecified atom stereocenters. The summed E-state index contributed by atoms with van der Waals surface area (Å²) < 4.78 is 6.25. The van der Waals surface area contributed by atoms with Gasteiger partial charge in [-0.05, 0) is 72.9 Å². The number of aliphatic imine (C=N–C) groups is 2. The number of benzene rings is 7. The molecule has 5 heteroatoms. The van der Waals surface area contributed by atoms with Crippen LogP contribution >= 0.6 is 0 Å². The molecule has 3 heterocycles. The SMILES string of the molecule is c1ccc2cc(C3N=C(c4cc5ccccc5c5c4ccc4ccccc45)NC(c4cccc5oc6ccncc6c45)=N3)ccc2c1. The minimum Gasteiger partial charge on any atom is -0.456 e. The average Bonchev–Trinajstić information content (AvgIpc) is 3.53. The van der Waals surface area contributed by atoms with Crippen molar-refractivity contribution in [3.63, 3.8) is 0 Å². The van der Waals surface area contributed by atoms with Crippen LogP contribution < -0.4 is 5.32 Å². The predicted molar refractivity (Wildman–Crippen MR) is 193 cm³/mol. The van der Waals surface area contributed by atoms with Crippen LogP contribution in [0.1, 0.15) is 22.9 Å². The minimum atomic E-state index is -0.459. The van der Waals surface area contributed by atoms with Gasteiger partial charge in [-0.3, -0.25) is 4.98 Å². The lowest BCUT2D eigenvalue weighted by molar-refractivity contribution is 0.668. The summed E-state index contributed by atoms with van der Waals surface area (Å²) in [6, 6.07) is 46.9. The molecule has 0 radical (unpaired) electrons. The molecule has 10 rings (SSSR count). The second-order valence-electron chi connectivity index (χ2n) is 12.1. The summed E-state index contributed by atoms with van der Waals surface area (Å²) in [6.45, 7) is 0. The third kappa shape index (κ3) is 4.07. The van der Waals surface area contributed by atoms with Crippen LogP contribution in [0.3, 0.4) is 0 Å². The van der Waals surface area contributed by atoms with Crippen LogP contribution in [0.15, 0.2) is 160 Å². The fraction of sp³-hybridized carbons (Fsp3) is 0.0238. The van der Waals surface area contributed by atoms with Gasteiger partial charge in [-0.2, -0.15) is 0 Å². The number of fused-ring (bicyclic) bond motifs is 9. The molecular weight excluding hydrogens is 576 g/mol.